The quantitative estimate of drug-likeness (QED) is 0.139. The molecule has 7 aliphatic rings. The summed E-state index contributed by atoms with van der Waals surface area (Å²) in [6, 6.07) is 52.8. The SMILES string of the molecule is C[C@H]1CN(c2ccc3c(c2)Cn2cc(-c4ccc(F)cc4)cc2-c2nccn2-3)C[C@@H]1CN(C)C.N#Cc1ccc(-c2cc3n(c2)Cc2cc(N4CC(CN)C4)ccc2-n2cnnc2-3)cc1.N#Cc1ccc(-c2cc3n(c2Cl)Cc2cc(N4CCC5(CNC5)C4)ccc2-n2cnnc2-3)cc1. The van der Waals surface area contributed by atoms with Crippen molar-refractivity contribution < 1.29 is 4.39 Å². The highest BCUT2D eigenvalue weighted by molar-refractivity contribution is 6.32. The number of aromatic nitrogens is 11. The minimum Gasteiger partial charge on any atom is -0.371 e. The smallest absolute Gasteiger partial charge is 0.185 e. The maximum Gasteiger partial charge on any atom is 0.185 e. The Labute approximate surface area is 578 Å². The van der Waals surface area contributed by atoms with Crippen molar-refractivity contribution in [2.45, 2.75) is 33.0 Å². The van der Waals surface area contributed by atoms with E-state index >= 15 is 0 Å². The lowest BCUT2D eigenvalue weighted by molar-refractivity contribution is 0.200. The average Bonchev–Trinajstić information content (AvgIpc) is 1.62. The van der Waals surface area contributed by atoms with Gasteiger partial charge in [-0.1, -0.05) is 54.9 Å². The van der Waals surface area contributed by atoms with Gasteiger partial charge in [0.25, 0.3) is 0 Å². The van der Waals surface area contributed by atoms with Crippen molar-refractivity contribution in [1.82, 2.24) is 63.0 Å². The first-order valence-corrected chi connectivity index (χ1v) is 34.3. The molecule has 6 aromatic heterocycles. The number of benzene rings is 6. The topological polar surface area (TPSA) is 193 Å². The molecule has 21 heteroatoms. The Morgan fingerprint density at radius 1 is 0.606 bits per heavy atom. The largest absolute Gasteiger partial charge is 0.371 e. The highest BCUT2D eigenvalue weighted by Gasteiger charge is 2.43. The molecular formula is C78H73ClFN19. The van der Waals surface area contributed by atoms with E-state index in [1.54, 1.807) is 12.7 Å². The van der Waals surface area contributed by atoms with Crippen LogP contribution >= 0.6 is 11.6 Å². The van der Waals surface area contributed by atoms with E-state index < -0.39 is 0 Å². The van der Waals surface area contributed by atoms with Crippen molar-refractivity contribution >= 4 is 28.7 Å². The van der Waals surface area contributed by atoms with Gasteiger partial charge in [0.05, 0.1) is 64.0 Å². The van der Waals surface area contributed by atoms with Gasteiger partial charge in [-0.25, -0.2) is 9.37 Å². The Balaban J connectivity index is 0.000000111. The number of nitriles is 2. The van der Waals surface area contributed by atoms with Crippen LogP contribution in [0.3, 0.4) is 0 Å². The summed E-state index contributed by atoms with van der Waals surface area (Å²) in [6.45, 7) is 15.1. The number of hydrogen-bond donors (Lipinski definition) is 2. The normalized spacial score (nSPS) is 17.2. The minimum atomic E-state index is -0.217. The van der Waals surface area contributed by atoms with E-state index in [9.17, 15) is 4.39 Å². The van der Waals surface area contributed by atoms with Crippen LogP contribution in [0, 0.1) is 51.6 Å². The fourth-order valence-electron chi connectivity index (χ4n) is 15.7. The maximum absolute atomic E-state index is 13.5. The number of nitrogens with one attached hydrogen (secondary N) is 1. The Morgan fingerprint density at radius 2 is 1.14 bits per heavy atom. The first kappa shape index (κ1) is 61.7. The second-order valence-corrected chi connectivity index (χ2v) is 28.3. The van der Waals surface area contributed by atoms with Crippen LogP contribution in [-0.2, 0) is 19.6 Å². The third-order valence-electron chi connectivity index (χ3n) is 21.3. The van der Waals surface area contributed by atoms with Crippen LogP contribution in [0.5, 0.6) is 0 Å². The maximum atomic E-state index is 13.5. The Hall–Kier alpha value is -10.9. The van der Waals surface area contributed by atoms with Crippen molar-refractivity contribution in [3.8, 4) is 97.1 Å². The van der Waals surface area contributed by atoms with E-state index in [0.717, 1.165) is 158 Å². The van der Waals surface area contributed by atoms with Crippen LogP contribution in [0.1, 0.15) is 41.2 Å². The Morgan fingerprint density at radius 3 is 1.70 bits per heavy atom. The summed E-state index contributed by atoms with van der Waals surface area (Å²) in [5, 5.41) is 39.6. The first-order chi connectivity index (χ1) is 48.3. The number of nitrogens with two attached hydrogens (primary N) is 1. The molecule has 19 nitrogen and oxygen atoms in total. The van der Waals surface area contributed by atoms with Gasteiger partial charge in [-0.05, 0) is 181 Å². The first-order valence-electron chi connectivity index (χ1n) is 33.9. The molecule has 1 spiro atoms. The van der Waals surface area contributed by atoms with Gasteiger partial charge in [0, 0.05) is 142 Å². The molecule has 12 aromatic rings. The summed E-state index contributed by atoms with van der Waals surface area (Å²) in [4.78, 5) is 14.4. The molecule has 3 N–H and O–H groups in total. The van der Waals surface area contributed by atoms with Crippen molar-refractivity contribution in [2.24, 2.45) is 28.9 Å². The molecule has 99 heavy (non-hydrogen) atoms. The van der Waals surface area contributed by atoms with E-state index in [1.807, 2.05) is 73.1 Å². The van der Waals surface area contributed by atoms with Crippen LogP contribution in [0.2, 0.25) is 5.15 Å². The predicted molar refractivity (Wildman–Crippen MR) is 385 cm³/mol. The molecule has 4 fully saturated rings. The van der Waals surface area contributed by atoms with Crippen molar-refractivity contribution in [2.75, 3.05) is 94.2 Å². The van der Waals surface area contributed by atoms with E-state index in [0.29, 0.717) is 46.0 Å². The molecule has 2 atom stereocenters. The van der Waals surface area contributed by atoms with Gasteiger partial charge in [0.1, 0.15) is 23.6 Å². The fraction of sp³-hybridized carbons (Fsp3) is 0.269. The number of imidazole rings is 1. The van der Waals surface area contributed by atoms with E-state index in [4.69, 9.17) is 32.8 Å². The number of nitrogens with zero attached hydrogens (tertiary/aromatic N) is 17. The zero-order chi connectivity index (χ0) is 67.2. The third-order valence-corrected chi connectivity index (χ3v) is 21.7. The predicted octanol–water partition coefficient (Wildman–Crippen LogP) is 12.3. The molecule has 0 amide bonds. The molecule has 19 rings (SSSR count). The monoisotopic (exact) mass is 1330 g/mol. The zero-order valence-corrected chi connectivity index (χ0v) is 56.1. The summed E-state index contributed by atoms with van der Waals surface area (Å²) < 4.78 is 26.4. The molecule has 494 valence electrons. The second-order valence-electron chi connectivity index (χ2n) is 28.0. The number of fused-ring (bicyclic) bond motifs is 15. The molecule has 0 saturated carbocycles. The van der Waals surface area contributed by atoms with Gasteiger partial charge in [-0.3, -0.25) is 13.7 Å². The summed E-state index contributed by atoms with van der Waals surface area (Å²) in [5.41, 5.74) is 27.6. The van der Waals surface area contributed by atoms with E-state index in [2.05, 4.69) is 191 Å². The average molecular weight is 1330 g/mol. The molecule has 13 heterocycles. The lowest BCUT2D eigenvalue weighted by Gasteiger charge is -2.40. The molecule has 0 aliphatic carbocycles. The Kier molecular flexibility index (Phi) is 15.5. The van der Waals surface area contributed by atoms with Crippen LogP contribution in [0.4, 0.5) is 21.5 Å². The number of halogens is 2. The highest BCUT2D eigenvalue weighted by Crippen LogP contribution is 2.44. The lowest BCUT2D eigenvalue weighted by atomic mass is 9.81. The molecule has 0 unspecified atom stereocenters. The second kappa shape index (κ2) is 24.9. The molecule has 4 saturated heterocycles. The molecule has 7 aliphatic heterocycles. The van der Waals surface area contributed by atoms with Gasteiger partial charge in [-0.15, -0.1) is 20.4 Å². The van der Waals surface area contributed by atoms with E-state index in [-0.39, 0.29) is 5.82 Å². The standard InChI is InChI=1S/C28H30FN5.C26H22ClN7.C24H21N7/c1-19-14-32(18-23(19)15-31(2)3)25-8-9-26-22(12-25)17-33-16-21(20-4-6-24(29)7-5-20)13-27(33)28-30-10-11-34(26)28;27-24-21(18-3-1-17(11-28)2-4-18)10-23-25-31-30-16-34(25)22-6-5-20(9-19(22)12-33(23)24)32-8-7-26(15-32)13-29-14-26;25-9-16-1-3-18(4-2-16)19-8-23-24-28-27-15-31(24)22-6-5-21(29-11-17(10-26)12-29)7-20(22)14-30(23)13-19/h4-13,16,19,23H,14-15,17-18H2,1-3H3;1-6,9-10,16,29H,7-8,12-15H2;1-8,13,15,17H,10-12,14,26H2/t19-,23-;;/m0../s1. The van der Waals surface area contributed by atoms with Gasteiger partial charge in [-0.2, -0.15) is 10.5 Å². The van der Waals surface area contributed by atoms with Crippen LogP contribution in [0.25, 0.3) is 85.0 Å². The van der Waals surface area contributed by atoms with Crippen molar-refractivity contribution in [3.63, 3.8) is 0 Å². The number of rotatable bonds is 9. The van der Waals surface area contributed by atoms with Crippen molar-refractivity contribution in [3.05, 3.63) is 222 Å². The van der Waals surface area contributed by atoms with E-state index in [1.165, 1.54) is 58.0 Å². The zero-order valence-electron chi connectivity index (χ0n) is 55.4. The molecule has 6 aromatic carbocycles. The summed E-state index contributed by atoms with van der Waals surface area (Å²) in [6.07, 6.45) is 13.0. The highest BCUT2D eigenvalue weighted by atomic mass is 35.5. The summed E-state index contributed by atoms with van der Waals surface area (Å²) in [5.74, 6) is 4.27. The summed E-state index contributed by atoms with van der Waals surface area (Å²) >= 11 is 6.98. The van der Waals surface area contributed by atoms with Crippen molar-refractivity contribution in [1.29, 1.82) is 10.5 Å². The summed E-state index contributed by atoms with van der Waals surface area (Å²) in [7, 11) is 4.32. The third kappa shape index (κ3) is 11.2. The molecule has 0 bridgehead atoms. The van der Waals surface area contributed by atoms with Gasteiger partial charge < -0.3 is 44.4 Å². The molecule has 0 radical (unpaired) electrons. The van der Waals surface area contributed by atoms with Gasteiger partial charge >= 0.3 is 0 Å². The van der Waals surface area contributed by atoms with Gasteiger partial charge in [0.15, 0.2) is 17.5 Å². The number of hydrogen-bond acceptors (Lipinski definition) is 13. The fourth-order valence-corrected chi connectivity index (χ4v) is 16.1. The number of anilines is 3. The molecular weight excluding hydrogens is 1260 g/mol. The van der Waals surface area contributed by atoms with Gasteiger partial charge in [0.2, 0.25) is 0 Å². The van der Waals surface area contributed by atoms with Crippen LogP contribution in [0.15, 0.2) is 183 Å². The van der Waals surface area contributed by atoms with Crippen LogP contribution < -0.4 is 25.8 Å². The van der Waals surface area contributed by atoms with Crippen LogP contribution in [-0.4, -0.2) is 137 Å². The lowest BCUT2D eigenvalue weighted by Crippen LogP contribution is -2.54. The minimum absolute atomic E-state index is 0.217. The Bertz CT molecular complexity index is 5140.